The summed E-state index contributed by atoms with van der Waals surface area (Å²) in [5.74, 6) is 0.187. The Morgan fingerprint density at radius 1 is 1.31 bits per heavy atom. The second-order valence-corrected chi connectivity index (χ2v) is 3.12. The SMILES string of the molecule is CC.CC[C@H]1C(O)[C@@H](CO)O[C@H]1C. The van der Waals surface area contributed by atoms with Crippen LogP contribution < -0.4 is 0 Å². The number of rotatable bonds is 2. The summed E-state index contributed by atoms with van der Waals surface area (Å²) in [6.07, 6.45) is 0.126. The van der Waals surface area contributed by atoms with Gasteiger partial charge in [0.2, 0.25) is 0 Å². The molecule has 1 heterocycles. The molecule has 0 aliphatic carbocycles. The highest BCUT2D eigenvalue weighted by Crippen LogP contribution is 2.28. The molecular formula is C10H22O3. The molecule has 0 bridgehead atoms. The zero-order valence-electron chi connectivity index (χ0n) is 9.03. The molecule has 0 aromatic heterocycles. The largest absolute Gasteiger partial charge is 0.394 e. The molecule has 0 radical (unpaired) electrons. The summed E-state index contributed by atoms with van der Waals surface area (Å²) in [6.45, 7) is 7.88. The van der Waals surface area contributed by atoms with Crippen molar-refractivity contribution in [3.63, 3.8) is 0 Å². The Morgan fingerprint density at radius 2 is 1.85 bits per heavy atom. The van der Waals surface area contributed by atoms with Gasteiger partial charge in [-0.2, -0.15) is 0 Å². The Bertz CT molecular complexity index is 127. The smallest absolute Gasteiger partial charge is 0.107 e. The Hall–Kier alpha value is -0.120. The quantitative estimate of drug-likeness (QED) is 0.687. The molecule has 1 fully saturated rings. The van der Waals surface area contributed by atoms with Crippen LogP contribution in [0.25, 0.3) is 0 Å². The maximum absolute atomic E-state index is 9.53. The minimum Gasteiger partial charge on any atom is -0.394 e. The third-order valence-electron chi connectivity index (χ3n) is 2.46. The van der Waals surface area contributed by atoms with Gasteiger partial charge in [0.15, 0.2) is 0 Å². The van der Waals surface area contributed by atoms with E-state index >= 15 is 0 Å². The molecule has 2 N–H and O–H groups in total. The van der Waals surface area contributed by atoms with Crippen molar-refractivity contribution in [3.8, 4) is 0 Å². The predicted molar refractivity (Wildman–Crippen MR) is 52.6 cm³/mol. The monoisotopic (exact) mass is 190 g/mol. The van der Waals surface area contributed by atoms with Crippen LogP contribution in [0.1, 0.15) is 34.1 Å². The van der Waals surface area contributed by atoms with Gasteiger partial charge in [-0.05, 0) is 13.3 Å². The van der Waals surface area contributed by atoms with Crippen molar-refractivity contribution in [2.75, 3.05) is 6.61 Å². The van der Waals surface area contributed by atoms with E-state index in [4.69, 9.17) is 9.84 Å². The van der Waals surface area contributed by atoms with E-state index in [1.54, 1.807) is 0 Å². The van der Waals surface area contributed by atoms with Gasteiger partial charge in [-0.25, -0.2) is 0 Å². The average molecular weight is 190 g/mol. The first-order valence-corrected chi connectivity index (χ1v) is 5.15. The van der Waals surface area contributed by atoms with Gasteiger partial charge >= 0.3 is 0 Å². The molecule has 3 heteroatoms. The summed E-state index contributed by atoms with van der Waals surface area (Å²) >= 11 is 0. The van der Waals surface area contributed by atoms with Gasteiger partial charge in [0, 0.05) is 5.92 Å². The first-order valence-electron chi connectivity index (χ1n) is 5.15. The lowest BCUT2D eigenvalue weighted by Crippen LogP contribution is -2.29. The van der Waals surface area contributed by atoms with Crippen LogP contribution in [0.15, 0.2) is 0 Å². The van der Waals surface area contributed by atoms with Crippen LogP contribution in [0.4, 0.5) is 0 Å². The molecular weight excluding hydrogens is 168 g/mol. The van der Waals surface area contributed by atoms with Gasteiger partial charge in [-0.15, -0.1) is 0 Å². The van der Waals surface area contributed by atoms with Gasteiger partial charge in [0.25, 0.3) is 0 Å². The van der Waals surface area contributed by atoms with Crippen molar-refractivity contribution in [3.05, 3.63) is 0 Å². The minimum absolute atomic E-state index is 0.0761. The van der Waals surface area contributed by atoms with Crippen LogP contribution in [0, 0.1) is 5.92 Å². The topological polar surface area (TPSA) is 49.7 Å². The maximum atomic E-state index is 9.53. The molecule has 80 valence electrons. The molecule has 13 heavy (non-hydrogen) atoms. The fraction of sp³-hybridized carbons (Fsp3) is 1.00. The van der Waals surface area contributed by atoms with Crippen molar-refractivity contribution in [1.29, 1.82) is 0 Å². The van der Waals surface area contributed by atoms with Gasteiger partial charge in [-0.1, -0.05) is 20.8 Å². The number of ether oxygens (including phenoxy) is 1. The maximum Gasteiger partial charge on any atom is 0.107 e. The number of aliphatic hydroxyl groups is 2. The molecule has 1 unspecified atom stereocenters. The molecule has 1 aliphatic rings. The second kappa shape index (κ2) is 6.35. The van der Waals surface area contributed by atoms with Crippen LogP contribution >= 0.6 is 0 Å². The van der Waals surface area contributed by atoms with Gasteiger partial charge in [0.05, 0.1) is 18.8 Å². The van der Waals surface area contributed by atoms with Gasteiger partial charge < -0.3 is 14.9 Å². The van der Waals surface area contributed by atoms with Crippen LogP contribution in [-0.4, -0.2) is 35.1 Å². The van der Waals surface area contributed by atoms with Crippen molar-refractivity contribution in [2.24, 2.45) is 5.92 Å². The molecule has 4 atom stereocenters. The molecule has 0 amide bonds. The Morgan fingerprint density at radius 3 is 2.08 bits per heavy atom. The fourth-order valence-corrected chi connectivity index (χ4v) is 1.73. The highest BCUT2D eigenvalue weighted by atomic mass is 16.5. The lowest BCUT2D eigenvalue weighted by Gasteiger charge is -2.14. The van der Waals surface area contributed by atoms with E-state index in [0.29, 0.717) is 0 Å². The van der Waals surface area contributed by atoms with Gasteiger partial charge in [-0.3, -0.25) is 0 Å². The van der Waals surface area contributed by atoms with E-state index in [2.05, 4.69) is 0 Å². The minimum atomic E-state index is -0.486. The zero-order chi connectivity index (χ0) is 10.4. The van der Waals surface area contributed by atoms with Crippen LogP contribution in [0.2, 0.25) is 0 Å². The van der Waals surface area contributed by atoms with Crippen molar-refractivity contribution in [2.45, 2.75) is 52.4 Å². The molecule has 0 spiro atoms. The summed E-state index contributed by atoms with van der Waals surface area (Å²) in [4.78, 5) is 0. The molecule has 0 aromatic rings. The first kappa shape index (κ1) is 12.9. The Balaban J connectivity index is 0.000000671. The molecule has 1 rings (SSSR count). The summed E-state index contributed by atoms with van der Waals surface area (Å²) in [6, 6.07) is 0. The highest BCUT2D eigenvalue weighted by Gasteiger charge is 2.39. The van der Waals surface area contributed by atoms with E-state index in [1.807, 2.05) is 27.7 Å². The normalized spacial score (nSPS) is 38.3. The number of hydrogen-bond acceptors (Lipinski definition) is 3. The standard InChI is InChI=1S/C8H16O3.C2H6/c1-3-6-5(2)11-7(4-9)8(6)10;1-2/h5-10H,3-4H2,1-2H3;1-2H3/t5-,6+,7+,8?;/m0./s1. The van der Waals surface area contributed by atoms with Crippen molar-refractivity contribution < 1.29 is 14.9 Å². The Labute approximate surface area is 80.7 Å². The van der Waals surface area contributed by atoms with E-state index < -0.39 is 6.10 Å². The fourth-order valence-electron chi connectivity index (χ4n) is 1.73. The summed E-state index contributed by atoms with van der Waals surface area (Å²) in [5.41, 5.74) is 0. The van der Waals surface area contributed by atoms with Crippen LogP contribution in [0.5, 0.6) is 0 Å². The van der Waals surface area contributed by atoms with E-state index in [1.165, 1.54) is 0 Å². The summed E-state index contributed by atoms with van der Waals surface area (Å²) in [5, 5.41) is 18.3. The van der Waals surface area contributed by atoms with Gasteiger partial charge in [0.1, 0.15) is 6.10 Å². The number of aliphatic hydroxyl groups excluding tert-OH is 2. The third-order valence-corrected chi connectivity index (χ3v) is 2.46. The van der Waals surface area contributed by atoms with Crippen LogP contribution in [0.3, 0.4) is 0 Å². The molecule has 1 aliphatic heterocycles. The highest BCUT2D eigenvalue weighted by molar-refractivity contribution is 4.87. The average Bonchev–Trinajstić information content (AvgIpc) is 2.44. The third kappa shape index (κ3) is 2.93. The second-order valence-electron chi connectivity index (χ2n) is 3.12. The summed E-state index contributed by atoms with van der Waals surface area (Å²) in [7, 11) is 0. The summed E-state index contributed by atoms with van der Waals surface area (Å²) < 4.78 is 5.33. The van der Waals surface area contributed by atoms with E-state index in [9.17, 15) is 5.11 Å². The molecule has 1 saturated heterocycles. The number of hydrogen-bond donors (Lipinski definition) is 2. The predicted octanol–water partition coefficient (Wildman–Crippen LogP) is 1.18. The van der Waals surface area contributed by atoms with E-state index in [0.717, 1.165) is 6.42 Å². The molecule has 0 saturated carbocycles. The lowest BCUT2D eigenvalue weighted by molar-refractivity contribution is -0.0170. The molecule has 0 aromatic carbocycles. The first-order chi connectivity index (χ1) is 6.20. The van der Waals surface area contributed by atoms with E-state index in [-0.39, 0.29) is 24.7 Å². The van der Waals surface area contributed by atoms with Crippen molar-refractivity contribution >= 4 is 0 Å². The van der Waals surface area contributed by atoms with Crippen molar-refractivity contribution in [1.82, 2.24) is 0 Å². The zero-order valence-corrected chi connectivity index (χ0v) is 9.03. The Kier molecular flexibility index (Phi) is 6.29. The molecule has 3 nitrogen and oxygen atoms in total. The lowest BCUT2D eigenvalue weighted by atomic mass is 9.95. The van der Waals surface area contributed by atoms with Crippen LogP contribution in [-0.2, 0) is 4.74 Å².